The molecule has 2 atom stereocenters. The number of H-pyrrole nitrogens is 2. The van der Waals surface area contributed by atoms with Crippen molar-refractivity contribution in [3.05, 3.63) is 58.0 Å². The van der Waals surface area contributed by atoms with E-state index in [1.165, 1.54) is 0 Å². The summed E-state index contributed by atoms with van der Waals surface area (Å²) in [5, 5.41) is 19.4. The van der Waals surface area contributed by atoms with E-state index in [1.54, 1.807) is 45.9 Å². The second kappa shape index (κ2) is 14.2. The van der Waals surface area contributed by atoms with E-state index in [-0.39, 0.29) is 41.7 Å². The zero-order chi connectivity index (χ0) is 31.9. The summed E-state index contributed by atoms with van der Waals surface area (Å²) in [6, 6.07) is 9.39. The first-order chi connectivity index (χ1) is 21.7. The Morgan fingerprint density at radius 3 is 2.51 bits per heavy atom. The summed E-state index contributed by atoms with van der Waals surface area (Å²) in [5.41, 5.74) is 2.95. The van der Waals surface area contributed by atoms with Gasteiger partial charge in [-0.2, -0.15) is 15.4 Å². The molecule has 0 aliphatic carbocycles. The topological polar surface area (TPSA) is 187 Å². The maximum atomic E-state index is 13.6. The lowest BCUT2D eigenvalue weighted by atomic mass is 9.98. The Morgan fingerprint density at radius 2 is 1.69 bits per heavy atom. The van der Waals surface area contributed by atoms with Crippen molar-refractivity contribution in [2.24, 2.45) is 5.92 Å². The lowest BCUT2D eigenvalue weighted by Crippen LogP contribution is -2.50. The van der Waals surface area contributed by atoms with Gasteiger partial charge in [0.05, 0.1) is 11.0 Å². The summed E-state index contributed by atoms with van der Waals surface area (Å²) in [5.74, 6) is -1.17. The first-order valence-electron chi connectivity index (χ1n) is 15.4. The van der Waals surface area contributed by atoms with E-state index in [9.17, 15) is 24.0 Å². The van der Waals surface area contributed by atoms with Crippen molar-refractivity contribution < 1.29 is 19.2 Å². The van der Waals surface area contributed by atoms with Crippen molar-refractivity contribution in [1.82, 2.24) is 45.8 Å². The molecule has 0 radical (unpaired) electrons. The molecular formula is C31H39N9O5. The molecule has 2 aromatic carbocycles. The number of aromatic nitrogens is 5. The van der Waals surface area contributed by atoms with Crippen LogP contribution in [0, 0.1) is 5.92 Å². The molecule has 0 saturated carbocycles. The number of aryl methyl sites for hydroxylation is 1. The van der Waals surface area contributed by atoms with E-state index in [0.29, 0.717) is 91.6 Å². The predicted molar refractivity (Wildman–Crippen MR) is 168 cm³/mol. The molecule has 3 heterocycles. The summed E-state index contributed by atoms with van der Waals surface area (Å²) < 4.78 is 1.55. The van der Waals surface area contributed by atoms with Crippen molar-refractivity contribution in [3.63, 3.8) is 0 Å². The number of imidazole rings is 1. The van der Waals surface area contributed by atoms with E-state index >= 15 is 0 Å². The molecule has 238 valence electrons. The predicted octanol–water partition coefficient (Wildman–Crippen LogP) is 1.69. The van der Waals surface area contributed by atoms with Crippen LogP contribution in [0.5, 0.6) is 0 Å². The molecule has 0 spiro atoms. The fourth-order valence-corrected chi connectivity index (χ4v) is 5.50. The Bertz CT molecular complexity index is 1760. The average Bonchev–Trinajstić information content (AvgIpc) is 3.64. The van der Waals surface area contributed by atoms with Gasteiger partial charge >= 0.3 is 5.69 Å². The summed E-state index contributed by atoms with van der Waals surface area (Å²) in [6.07, 6.45) is 2.16. The Kier molecular flexibility index (Phi) is 9.90. The second-order valence-corrected chi connectivity index (χ2v) is 11.4. The molecule has 1 aliphatic heterocycles. The molecule has 4 amide bonds. The van der Waals surface area contributed by atoms with Crippen LogP contribution in [0.3, 0.4) is 0 Å². The first-order valence-corrected chi connectivity index (χ1v) is 15.4. The number of hydrogen-bond donors (Lipinski definition) is 5. The second-order valence-electron chi connectivity index (χ2n) is 11.4. The molecule has 2 bridgehead atoms. The molecule has 0 unspecified atom stereocenters. The van der Waals surface area contributed by atoms with Crippen LogP contribution in [0.1, 0.15) is 66.7 Å². The number of nitrogens with one attached hydrogen (secondary N) is 5. The van der Waals surface area contributed by atoms with E-state index < -0.39 is 6.04 Å². The fourth-order valence-electron chi connectivity index (χ4n) is 5.50. The smallest absolute Gasteiger partial charge is 0.326 e. The highest BCUT2D eigenvalue weighted by atomic mass is 16.2. The molecule has 5 rings (SSSR count). The minimum Gasteiger partial charge on any atom is -0.354 e. The van der Waals surface area contributed by atoms with Gasteiger partial charge in [0.15, 0.2) is 0 Å². The molecular weight excluding hydrogens is 578 g/mol. The van der Waals surface area contributed by atoms with Crippen LogP contribution in [-0.4, -0.2) is 85.7 Å². The van der Waals surface area contributed by atoms with Crippen LogP contribution < -0.4 is 21.6 Å². The first kappa shape index (κ1) is 31.4. The van der Waals surface area contributed by atoms with Gasteiger partial charge < -0.3 is 25.8 Å². The van der Waals surface area contributed by atoms with Crippen molar-refractivity contribution in [1.29, 1.82) is 0 Å². The van der Waals surface area contributed by atoms with Gasteiger partial charge in [0.1, 0.15) is 17.1 Å². The minimum atomic E-state index is -0.709. The monoisotopic (exact) mass is 617 g/mol. The lowest BCUT2D eigenvalue weighted by Gasteiger charge is -2.25. The number of aromatic amines is 2. The van der Waals surface area contributed by atoms with Gasteiger partial charge in [0, 0.05) is 50.3 Å². The molecule has 14 nitrogen and oxygen atoms in total. The number of carbonyl (C=O) groups excluding carboxylic acids is 4. The van der Waals surface area contributed by atoms with Crippen LogP contribution >= 0.6 is 0 Å². The Hall–Kier alpha value is -5.01. The maximum Gasteiger partial charge on any atom is 0.326 e. The summed E-state index contributed by atoms with van der Waals surface area (Å²) in [6.45, 7) is 5.46. The van der Waals surface area contributed by atoms with Crippen LogP contribution in [0.4, 0.5) is 0 Å². The van der Waals surface area contributed by atoms with Crippen molar-refractivity contribution >= 4 is 45.7 Å². The highest BCUT2D eigenvalue weighted by molar-refractivity contribution is 5.98. The molecule has 45 heavy (non-hydrogen) atoms. The van der Waals surface area contributed by atoms with Gasteiger partial charge in [-0.25, -0.2) is 4.79 Å². The lowest BCUT2D eigenvalue weighted by molar-refractivity contribution is -0.130. The van der Waals surface area contributed by atoms with Gasteiger partial charge in [-0.1, -0.05) is 20.3 Å². The Balaban J connectivity index is 1.37. The zero-order valence-corrected chi connectivity index (χ0v) is 25.5. The number of rotatable bonds is 3. The van der Waals surface area contributed by atoms with E-state index in [2.05, 4.69) is 36.3 Å². The average molecular weight is 618 g/mol. The number of amides is 4. The SMILES string of the molecule is CC[C@H](C)[C@@H]1NC(=O)CCCN(C(=O)c2ccc3n[nH]nc3c2)CCCNC(=O)c2ccc3[nH]c(=O)n(c3c2)CCCNC1=O. The standard InChI is InChI=1S/C31H39N9O5/c1-3-19(2)27-29(43)33-13-6-16-40-25-18-20(8-11-23(25)34-31(40)45)28(42)32-12-5-15-39(14-4-7-26(41)35-27)30(44)21-9-10-22-24(17-21)37-38-36-22/h8-11,17-19,27H,3-7,12-16H2,1-2H3,(H,32,42)(H,33,43)(H,34,45)(H,35,41)(H,36,37,38)/t19-,27-/m0/s1. The van der Waals surface area contributed by atoms with Crippen LogP contribution in [-0.2, 0) is 16.1 Å². The number of fused-ring (bicyclic) bond motifs is 2. The molecule has 4 aromatic rings. The molecule has 2 aromatic heterocycles. The highest BCUT2D eigenvalue weighted by Crippen LogP contribution is 2.16. The molecule has 0 fully saturated rings. The van der Waals surface area contributed by atoms with Crippen molar-refractivity contribution in [2.45, 2.75) is 58.5 Å². The number of hydrogen-bond acceptors (Lipinski definition) is 7. The maximum absolute atomic E-state index is 13.6. The van der Waals surface area contributed by atoms with Crippen molar-refractivity contribution in [3.8, 4) is 0 Å². The van der Waals surface area contributed by atoms with Gasteiger partial charge in [-0.3, -0.25) is 23.7 Å². The third-order valence-electron chi connectivity index (χ3n) is 8.28. The van der Waals surface area contributed by atoms with Crippen molar-refractivity contribution in [2.75, 3.05) is 26.2 Å². The van der Waals surface area contributed by atoms with Gasteiger partial charge in [-0.05, 0) is 61.6 Å². The number of benzene rings is 2. The van der Waals surface area contributed by atoms with Gasteiger partial charge in [0.2, 0.25) is 11.8 Å². The quantitative estimate of drug-likeness (QED) is 0.231. The van der Waals surface area contributed by atoms with Crippen LogP contribution in [0.25, 0.3) is 22.1 Å². The Morgan fingerprint density at radius 1 is 0.933 bits per heavy atom. The van der Waals surface area contributed by atoms with Gasteiger partial charge in [0.25, 0.3) is 11.8 Å². The third-order valence-corrected chi connectivity index (χ3v) is 8.28. The zero-order valence-electron chi connectivity index (χ0n) is 25.5. The van der Waals surface area contributed by atoms with E-state index in [1.807, 2.05) is 13.8 Å². The molecule has 1 aliphatic rings. The number of carbonyl (C=O) groups is 4. The normalized spacial score (nSPS) is 18.7. The summed E-state index contributed by atoms with van der Waals surface area (Å²) in [7, 11) is 0. The van der Waals surface area contributed by atoms with Crippen LogP contribution in [0.15, 0.2) is 41.2 Å². The third kappa shape index (κ3) is 7.39. The van der Waals surface area contributed by atoms with E-state index in [0.717, 1.165) is 0 Å². The fraction of sp³-hybridized carbons (Fsp3) is 0.452. The van der Waals surface area contributed by atoms with E-state index in [4.69, 9.17) is 0 Å². The summed E-state index contributed by atoms with van der Waals surface area (Å²) >= 11 is 0. The molecule has 5 N–H and O–H groups in total. The van der Waals surface area contributed by atoms with Crippen LogP contribution in [0.2, 0.25) is 0 Å². The highest BCUT2D eigenvalue weighted by Gasteiger charge is 2.26. The number of nitrogens with zero attached hydrogens (tertiary/aromatic N) is 4. The minimum absolute atomic E-state index is 0.0974. The Labute approximate surface area is 259 Å². The largest absolute Gasteiger partial charge is 0.354 e. The van der Waals surface area contributed by atoms with Gasteiger partial charge in [-0.15, -0.1) is 0 Å². The summed E-state index contributed by atoms with van der Waals surface area (Å²) in [4.78, 5) is 69.8. The molecule has 14 heteroatoms. The molecule has 0 saturated heterocycles.